The van der Waals surface area contributed by atoms with Crippen LogP contribution in [0.5, 0.6) is 0 Å². The van der Waals surface area contributed by atoms with Crippen molar-refractivity contribution in [3.8, 4) is 0 Å². The molecule has 1 unspecified atom stereocenters. The monoisotopic (exact) mass is 273 g/mol. The number of benzene rings is 1. The van der Waals surface area contributed by atoms with Gasteiger partial charge in [0, 0.05) is 6.42 Å². The SMILES string of the molecule is CCc1cnc(CNC(=O)C(N)c2ccc(C)cc2)o1. The largest absolute Gasteiger partial charge is 0.444 e. The molecule has 1 atom stereocenters. The second kappa shape index (κ2) is 6.34. The topological polar surface area (TPSA) is 81.2 Å². The highest BCUT2D eigenvalue weighted by molar-refractivity contribution is 5.82. The van der Waals surface area contributed by atoms with E-state index < -0.39 is 6.04 Å². The van der Waals surface area contributed by atoms with Gasteiger partial charge in [-0.15, -0.1) is 0 Å². The summed E-state index contributed by atoms with van der Waals surface area (Å²) < 4.78 is 5.42. The van der Waals surface area contributed by atoms with Gasteiger partial charge in [0.2, 0.25) is 11.8 Å². The van der Waals surface area contributed by atoms with E-state index >= 15 is 0 Å². The fraction of sp³-hybridized carbons (Fsp3) is 0.333. The van der Waals surface area contributed by atoms with Crippen LogP contribution in [0, 0.1) is 6.92 Å². The van der Waals surface area contributed by atoms with Gasteiger partial charge in [-0.3, -0.25) is 4.79 Å². The first-order valence-corrected chi connectivity index (χ1v) is 6.63. The Bertz CT molecular complexity index is 575. The molecule has 0 bridgehead atoms. The zero-order valence-electron chi connectivity index (χ0n) is 11.7. The van der Waals surface area contributed by atoms with Crippen LogP contribution in [-0.2, 0) is 17.8 Å². The summed E-state index contributed by atoms with van der Waals surface area (Å²) in [4.78, 5) is 16.1. The number of hydrogen-bond acceptors (Lipinski definition) is 4. The van der Waals surface area contributed by atoms with Gasteiger partial charge < -0.3 is 15.5 Å². The first-order valence-electron chi connectivity index (χ1n) is 6.63. The summed E-state index contributed by atoms with van der Waals surface area (Å²) in [6.45, 7) is 4.22. The maximum atomic E-state index is 12.0. The Morgan fingerprint density at radius 2 is 2.10 bits per heavy atom. The van der Waals surface area contributed by atoms with Crippen LogP contribution in [-0.4, -0.2) is 10.9 Å². The standard InChI is InChI=1S/C15H19N3O2/c1-3-12-8-17-13(20-12)9-18-15(19)14(16)11-6-4-10(2)5-7-11/h4-8,14H,3,9,16H2,1-2H3,(H,18,19). The number of aryl methyl sites for hydroxylation is 2. The molecule has 1 aromatic carbocycles. The summed E-state index contributed by atoms with van der Waals surface area (Å²) in [6, 6.07) is 6.91. The van der Waals surface area contributed by atoms with Crippen molar-refractivity contribution in [2.75, 3.05) is 0 Å². The number of hydrogen-bond donors (Lipinski definition) is 2. The van der Waals surface area contributed by atoms with E-state index in [-0.39, 0.29) is 12.5 Å². The molecule has 1 aromatic heterocycles. The van der Waals surface area contributed by atoms with Crippen molar-refractivity contribution in [1.82, 2.24) is 10.3 Å². The third-order valence-electron chi connectivity index (χ3n) is 3.08. The second-order valence-electron chi connectivity index (χ2n) is 4.68. The van der Waals surface area contributed by atoms with Gasteiger partial charge in [0.05, 0.1) is 12.7 Å². The molecule has 5 heteroatoms. The van der Waals surface area contributed by atoms with Crippen LogP contribution in [0.25, 0.3) is 0 Å². The van der Waals surface area contributed by atoms with Gasteiger partial charge in [-0.1, -0.05) is 36.8 Å². The zero-order chi connectivity index (χ0) is 14.5. The molecule has 0 radical (unpaired) electrons. The van der Waals surface area contributed by atoms with Gasteiger partial charge in [-0.2, -0.15) is 0 Å². The molecule has 1 heterocycles. The molecule has 2 aromatic rings. The van der Waals surface area contributed by atoms with Gasteiger partial charge in [-0.25, -0.2) is 4.98 Å². The van der Waals surface area contributed by atoms with E-state index in [4.69, 9.17) is 10.2 Å². The van der Waals surface area contributed by atoms with Gasteiger partial charge >= 0.3 is 0 Å². The summed E-state index contributed by atoms with van der Waals surface area (Å²) in [6.07, 6.45) is 2.45. The Morgan fingerprint density at radius 3 is 2.70 bits per heavy atom. The second-order valence-corrected chi connectivity index (χ2v) is 4.68. The molecule has 0 aliphatic carbocycles. The number of nitrogens with two attached hydrogens (primary N) is 1. The van der Waals surface area contributed by atoms with Gasteiger partial charge in [0.15, 0.2) is 0 Å². The van der Waals surface area contributed by atoms with E-state index in [2.05, 4.69) is 10.3 Å². The fourth-order valence-electron chi connectivity index (χ4n) is 1.79. The summed E-state index contributed by atoms with van der Waals surface area (Å²) in [5.41, 5.74) is 7.84. The Morgan fingerprint density at radius 1 is 1.40 bits per heavy atom. The molecular weight excluding hydrogens is 254 g/mol. The minimum atomic E-state index is -0.684. The van der Waals surface area contributed by atoms with Crippen LogP contribution < -0.4 is 11.1 Å². The van der Waals surface area contributed by atoms with Crippen molar-refractivity contribution in [3.05, 3.63) is 53.2 Å². The van der Waals surface area contributed by atoms with Crippen LogP contribution >= 0.6 is 0 Å². The first kappa shape index (κ1) is 14.3. The number of oxazole rings is 1. The van der Waals surface area contributed by atoms with Crippen LogP contribution in [0.4, 0.5) is 0 Å². The van der Waals surface area contributed by atoms with Crippen LogP contribution in [0.2, 0.25) is 0 Å². The third kappa shape index (κ3) is 3.45. The highest BCUT2D eigenvalue weighted by Crippen LogP contribution is 2.12. The van der Waals surface area contributed by atoms with E-state index in [0.717, 1.165) is 23.3 Å². The maximum Gasteiger partial charge on any atom is 0.241 e. The van der Waals surface area contributed by atoms with E-state index in [0.29, 0.717) is 5.89 Å². The molecule has 0 saturated heterocycles. The van der Waals surface area contributed by atoms with E-state index in [9.17, 15) is 4.79 Å². The summed E-state index contributed by atoms with van der Waals surface area (Å²) >= 11 is 0. The molecule has 0 aliphatic rings. The van der Waals surface area contributed by atoms with Crippen LogP contribution in [0.3, 0.4) is 0 Å². The highest BCUT2D eigenvalue weighted by Gasteiger charge is 2.16. The van der Waals surface area contributed by atoms with E-state index in [1.165, 1.54) is 0 Å². The van der Waals surface area contributed by atoms with Crippen molar-refractivity contribution < 1.29 is 9.21 Å². The predicted octanol–water partition coefficient (Wildman–Crippen LogP) is 1.86. The molecule has 2 rings (SSSR count). The molecule has 20 heavy (non-hydrogen) atoms. The fourth-order valence-corrected chi connectivity index (χ4v) is 1.79. The molecule has 1 amide bonds. The first-order chi connectivity index (χ1) is 9.60. The number of carbonyl (C=O) groups excluding carboxylic acids is 1. The smallest absolute Gasteiger partial charge is 0.241 e. The quantitative estimate of drug-likeness (QED) is 0.871. The average Bonchev–Trinajstić information content (AvgIpc) is 2.93. The lowest BCUT2D eigenvalue weighted by atomic mass is 10.1. The number of nitrogens with zero attached hydrogens (tertiary/aromatic N) is 1. The molecule has 3 N–H and O–H groups in total. The Labute approximate surface area is 118 Å². The van der Waals surface area contributed by atoms with Gasteiger partial charge in [-0.05, 0) is 12.5 Å². The third-order valence-corrected chi connectivity index (χ3v) is 3.08. The molecule has 0 aliphatic heterocycles. The molecular formula is C15H19N3O2. The number of amides is 1. The minimum absolute atomic E-state index is 0.245. The Hall–Kier alpha value is -2.14. The molecule has 0 saturated carbocycles. The molecule has 106 valence electrons. The number of rotatable bonds is 5. The van der Waals surface area contributed by atoms with Crippen LogP contribution in [0.15, 0.2) is 34.9 Å². The summed E-state index contributed by atoms with van der Waals surface area (Å²) in [7, 11) is 0. The lowest BCUT2D eigenvalue weighted by Crippen LogP contribution is -2.33. The van der Waals surface area contributed by atoms with Crippen LogP contribution in [0.1, 0.15) is 35.7 Å². The molecule has 0 spiro atoms. The number of carbonyl (C=O) groups is 1. The normalized spacial score (nSPS) is 12.2. The van der Waals surface area contributed by atoms with Crippen molar-refractivity contribution in [2.45, 2.75) is 32.9 Å². The lowest BCUT2D eigenvalue weighted by Gasteiger charge is -2.11. The highest BCUT2D eigenvalue weighted by atomic mass is 16.4. The molecule has 0 fully saturated rings. The number of aromatic nitrogens is 1. The van der Waals surface area contributed by atoms with Crippen molar-refractivity contribution in [2.24, 2.45) is 5.73 Å². The van der Waals surface area contributed by atoms with Gasteiger partial charge in [0.1, 0.15) is 11.8 Å². The predicted molar refractivity (Wildman–Crippen MR) is 75.8 cm³/mol. The zero-order valence-corrected chi connectivity index (χ0v) is 11.7. The number of nitrogens with one attached hydrogen (secondary N) is 1. The van der Waals surface area contributed by atoms with Gasteiger partial charge in [0.25, 0.3) is 0 Å². The Balaban J connectivity index is 1.92. The maximum absolute atomic E-state index is 12.0. The molecule has 5 nitrogen and oxygen atoms in total. The van der Waals surface area contributed by atoms with E-state index in [1.807, 2.05) is 38.1 Å². The Kier molecular flexibility index (Phi) is 4.53. The van der Waals surface area contributed by atoms with Crippen molar-refractivity contribution in [3.63, 3.8) is 0 Å². The average molecular weight is 273 g/mol. The van der Waals surface area contributed by atoms with Crippen molar-refractivity contribution in [1.29, 1.82) is 0 Å². The van der Waals surface area contributed by atoms with E-state index in [1.54, 1.807) is 6.20 Å². The van der Waals surface area contributed by atoms with Crippen molar-refractivity contribution >= 4 is 5.91 Å². The minimum Gasteiger partial charge on any atom is -0.444 e. The lowest BCUT2D eigenvalue weighted by molar-refractivity contribution is -0.122. The summed E-state index contributed by atoms with van der Waals surface area (Å²) in [5, 5.41) is 2.73. The summed E-state index contributed by atoms with van der Waals surface area (Å²) in [5.74, 6) is 1.05.